The highest BCUT2D eigenvalue weighted by Gasteiger charge is 2.08. The molecule has 0 saturated carbocycles. The average molecular weight is 362 g/mol. The zero-order valence-electron chi connectivity index (χ0n) is 15.4. The molecular weight excluding hydrogens is 340 g/mol. The summed E-state index contributed by atoms with van der Waals surface area (Å²) in [5, 5.41) is 17.3. The van der Waals surface area contributed by atoms with Crippen molar-refractivity contribution in [3.8, 4) is 0 Å². The summed E-state index contributed by atoms with van der Waals surface area (Å²) in [6.45, 7) is 4.95. The minimum absolute atomic E-state index is 0.0704. The van der Waals surface area contributed by atoms with Crippen LogP contribution in [0.15, 0.2) is 54.7 Å². The first kappa shape index (κ1) is 18.3. The Morgan fingerprint density at radius 3 is 2.48 bits per heavy atom. The molecular formula is C20H22N6O. The van der Waals surface area contributed by atoms with Crippen LogP contribution in [0.25, 0.3) is 0 Å². The Morgan fingerprint density at radius 1 is 0.926 bits per heavy atom. The molecule has 0 aliphatic rings. The number of aromatic nitrogens is 3. The number of pyridine rings is 1. The Kier molecular flexibility index (Phi) is 5.94. The number of aryl methyl sites for hydroxylation is 2. The number of carbonyl (C=O) groups is 1. The molecule has 3 aromatic rings. The van der Waals surface area contributed by atoms with E-state index in [9.17, 15) is 4.79 Å². The lowest BCUT2D eigenvalue weighted by Gasteiger charge is -2.10. The number of anilines is 3. The molecule has 0 saturated heterocycles. The van der Waals surface area contributed by atoms with Gasteiger partial charge in [-0.2, -0.15) is 0 Å². The highest BCUT2D eigenvalue weighted by molar-refractivity contribution is 5.95. The first-order valence-electron chi connectivity index (χ1n) is 8.73. The fraction of sp³-hybridized carbons (Fsp3) is 0.200. The monoisotopic (exact) mass is 362 g/mol. The van der Waals surface area contributed by atoms with Crippen molar-refractivity contribution in [3.63, 3.8) is 0 Å². The van der Waals surface area contributed by atoms with Crippen LogP contribution in [0.1, 0.15) is 21.5 Å². The van der Waals surface area contributed by atoms with Gasteiger partial charge in [-0.15, -0.1) is 10.2 Å². The van der Waals surface area contributed by atoms with Crippen molar-refractivity contribution in [3.05, 3.63) is 71.4 Å². The van der Waals surface area contributed by atoms with Crippen LogP contribution in [0.2, 0.25) is 0 Å². The Balaban J connectivity index is 1.45. The van der Waals surface area contributed by atoms with Gasteiger partial charge in [0.15, 0.2) is 5.82 Å². The Labute approximate surface area is 158 Å². The molecule has 2 heterocycles. The third kappa shape index (κ3) is 5.24. The Bertz CT molecular complexity index is 896. The number of amides is 1. The fourth-order valence-electron chi connectivity index (χ4n) is 2.50. The molecule has 1 amide bonds. The third-order valence-electron chi connectivity index (χ3n) is 3.94. The number of carbonyl (C=O) groups excluding carboxylic acids is 1. The van der Waals surface area contributed by atoms with E-state index in [2.05, 4.69) is 31.1 Å². The van der Waals surface area contributed by atoms with Gasteiger partial charge in [0.25, 0.3) is 5.91 Å². The van der Waals surface area contributed by atoms with Crippen molar-refractivity contribution in [2.24, 2.45) is 0 Å². The van der Waals surface area contributed by atoms with Crippen LogP contribution < -0.4 is 16.0 Å². The lowest BCUT2D eigenvalue weighted by molar-refractivity contribution is 0.0954. The molecule has 2 aromatic heterocycles. The smallest absolute Gasteiger partial charge is 0.251 e. The zero-order chi connectivity index (χ0) is 19.1. The van der Waals surface area contributed by atoms with Gasteiger partial charge in [-0.05, 0) is 49.7 Å². The van der Waals surface area contributed by atoms with E-state index in [1.54, 1.807) is 6.20 Å². The topological polar surface area (TPSA) is 91.8 Å². The minimum Gasteiger partial charge on any atom is -0.367 e. The number of nitrogens with zero attached hydrogens (tertiary/aromatic N) is 3. The zero-order valence-corrected chi connectivity index (χ0v) is 15.4. The van der Waals surface area contributed by atoms with E-state index in [0.29, 0.717) is 36.1 Å². The molecule has 0 fully saturated rings. The molecule has 27 heavy (non-hydrogen) atoms. The van der Waals surface area contributed by atoms with Crippen LogP contribution in [-0.2, 0) is 0 Å². The van der Waals surface area contributed by atoms with Crippen LogP contribution in [0.5, 0.6) is 0 Å². The van der Waals surface area contributed by atoms with Gasteiger partial charge in [0.1, 0.15) is 11.6 Å². The van der Waals surface area contributed by atoms with E-state index in [0.717, 1.165) is 11.1 Å². The van der Waals surface area contributed by atoms with Crippen molar-refractivity contribution in [2.45, 2.75) is 13.8 Å². The maximum Gasteiger partial charge on any atom is 0.251 e. The molecule has 138 valence electrons. The van der Waals surface area contributed by atoms with E-state index < -0.39 is 0 Å². The summed E-state index contributed by atoms with van der Waals surface area (Å²) in [4.78, 5) is 16.4. The van der Waals surface area contributed by atoms with Crippen molar-refractivity contribution >= 4 is 23.4 Å². The summed E-state index contributed by atoms with van der Waals surface area (Å²) in [7, 11) is 0. The van der Waals surface area contributed by atoms with Crippen LogP contribution in [-0.4, -0.2) is 34.2 Å². The van der Waals surface area contributed by atoms with Gasteiger partial charge in [-0.25, -0.2) is 4.98 Å². The van der Waals surface area contributed by atoms with Gasteiger partial charge in [0, 0.05) is 24.8 Å². The van der Waals surface area contributed by atoms with Gasteiger partial charge in [-0.3, -0.25) is 4.79 Å². The maximum atomic E-state index is 12.3. The normalized spacial score (nSPS) is 10.3. The minimum atomic E-state index is -0.0704. The summed E-state index contributed by atoms with van der Waals surface area (Å²) in [6.07, 6.45) is 1.71. The summed E-state index contributed by atoms with van der Waals surface area (Å²) >= 11 is 0. The largest absolute Gasteiger partial charge is 0.367 e. The lowest BCUT2D eigenvalue weighted by atomic mass is 10.1. The highest BCUT2D eigenvalue weighted by atomic mass is 16.1. The second kappa shape index (κ2) is 8.75. The number of benzene rings is 1. The second-order valence-electron chi connectivity index (χ2n) is 6.14. The highest BCUT2D eigenvalue weighted by Crippen LogP contribution is 2.12. The molecule has 0 atom stereocenters. The fourth-order valence-corrected chi connectivity index (χ4v) is 2.50. The molecule has 3 N–H and O–H groups in total. The van der Waals surface area contributed by atoms with Gasteiger partial charge in [0.2, 0.25) is 0 Å². The molecule has 1 aromatic carbocycles. The first-order valence-corrected chi connectivity index (χ1v) is 8.73. The Hall–Kier alpha value is -3.48. The van der Waals surface area contributed by atoms with Crippen LogP contribution in [0.4, 0.5) is 17.5 Å². The maximum absolute atomic E-state index is 12.3. The van der Waals surface area contributed by atoms with Crippen molar-refractivity contribution in [1.82, 2.24) is 20.5 Å². The summed E-state index contributed by atoms with van der Waals surface area (Å²) in [5.74, 6) is 1.89. The van der Waals surface area contributed by atoms with Gasteiger partial charge >= 0.3 is 0 Å². The van der Waals surface area contributed by atoms with Crippen LogP contribution in [0, 0.1) is 13.8 Å². The number of hydrogen-bond acceptors (Lipinski definition) is 6. The first-order chi connectivity index (χ1) is 13.1. The standard InChI is InChI=1S/C20H22N6O/c1-14-6-7-15(2)16(13-14)20(27)23-12-11-22-18-8-9-19(26-25-18)24-17-5-3-4-10-21-17/h3-10,13H,11-12H2,1-2H3,(H,22,25)(H,23,27)(H,21,24,26). The van der Waals surface area contributed by atoms with E-state index in [4.69, 9.17) is 0 Å². The molecule has 7 nitrogen and oxygen atoms in total. The molecule has 0 aliphatic carbocycles. The molecule has 0 spiro atoms. The second-order valence-corrected chi connectivity index (χ2v) is 6.14. The summed E-state index contributed by atoms with van der Waals surface area (Å²) in [5.41, 5.74) is 2.74. The number of rotatable bonds is 7. The van der Waals surface area contributed by atoms with Gasteiger partial charge < -0.3 is 16.0 Å². The van der Waals surface area contributed by atoms with Crippen LogP contribution >= 0.6 is 0 Å². The molecule has 0 bridgehead atoms. The molecule has 0 radical (unpaired) electrons. The molecule has 0 aliphatic heterocycles. The van der Waals surface area contributed by atoms with Crippen molar-refractivity contribution in [1.29, 1.82) is 0 Å². The predicted molar refractivity (Wildman–Crippen MR) is 106 cm³/mol. The average Bonchev–Trinajstić information content (AvgIpc) is 2.69. The van der Waals surface area contributed by atoms with Crippen molar-refractivity contribution < 1.29 is 4.79 Å². The van der Waals surface area contributed by atoms with Gasteiger partial charge in [0.05, 0.1) is 0 Å². The quantitative estimate of drug-likeness (QED) is 0.560. The lowest BCUT2D eigenvalue weighted by Crippen LogP contribution is -2.29. The third-order valence-corrected chi connectivity index (χ3v) is 3.94. The van der Waals surface area contributed by atoms with E-state index in [-0.39, 0.29) is 5.91 Å². The number of nitrogens with one attached hydrogen (secondary N) is 3. The molecule has 3 rings (SSSR count). The van der Waals surface area contributed by atoms with E-state index in [1.165, 1.54) is 0 Å². The van der Waals surface area contributed by atoms with E-state index >= 15 is 0 Å². The summed E-state index contributed by atoms with van der Waals surface area (Å²) in [6, 6.07) is 15.1. The van der Waals surface area contributed by atoms with Crippen LogP contribution in [0.3, 0.4) is 0 Å². The SMILES string of the molecule is Cc1ccc(C)c(C(=O)NCCNc2ccc(Nc3ccccn3)nn2)c1. The van der Waals surface area contributed by atoms with E-state index in [1.807, 2.05) is 62.4 Å². The summed E-state index contributed by atoms with van der Waals surface area (Å²) < 4.78 is 0. The van der Waals surface area contributed by atoms with Crippen molar-refractivity contribution in [2.75, 3.05) is 23.7 Å². The molecule has 7 heteroatoms. The Morgan fingerprint density at radius 2 is 1.74 bits per heavy atom. The molecule has 0 unspecified atom stereocenters. The number of hydrogen-bond donors (Lipinski definition) is 3. The van der Waals surface area contributed by atoms with Gasteiger partial charge in [-0.1, -0.05) is 23.8 Å². The predicted octanol–water partition coefficient (Wildman–Crippen LogP) is 3.07.